The van der Waals surface area contributed by atoms with E-state index in [1.54, 1.807) is 0 Å². The van der Waals surface area contributed by atoms with Crippen molar-refractivity contribution in [3.8, 4) is 11.8 Å². The smallest absolute Gasteiger partial charge is 0.303 e. The molecule has 1 aliphatic rings. The molecule has 2 aromatic carbocycles. The summed E-state index contributed by atoms with van der Waals surface area (Å²) in [6, 6.07) is 13.9. The summed E-state index contributed by atoms with van der Waals surface area (Å²) in [6.45, 7) is 4.61. The minimum atomic E-state index is -0.777. The van der Waals surface area contributed by atoms with Crippen LogP contribution in [0.1, 0.15) is 53.5 Å². The van der Waals surface area contributed by atoms with Gasteiger partial charge in [-0.2, -0.15) is 5.26 Å². The van der Waals surface area contributed by atoms with Crippen LogP contribution in [0.2, 0.25) is 0 Å². The molecule has 0 bridgehead atoms. The molecule has 0 unspecified atom stereocenters. The summed E-state index contributed by atoms with van der Waals surface area (Å²) in [6.07, 6.45) is 3.87. The van der Waals surface area contributed by atoms with E-state index in [0.717, 1.165) is 41.7 Å². The lowest BCUT2D eigenvalue weighted by Crippen LogP contribution is -2.05. The zero-order chi connectivity index (χ0) is 20.1. The molecule has 0 aliphatic heterocycles. The first-order valence-corrected chi connectivity index (χ1v) is 9.64. The fourth-order valence-corrected chi connectivity index (χ4v) is 3.75. The molecule has 144 valence electrons. The number of hydrogen-bond acceptors (Lipinski definition) is 3. The standard InChI is InChI=1S/C24H25NO3/c1-16-17(2)23(12-10-19(16)11-13-24(26)27)28-15-21-4-3-5-22(21)20-8-6-18(14-25)7-9-20/h6-10,12H,3-5,11,13,15H2,1-2H3,(H,26,27). The van der Waals surface area contributed by atoms with Crippen molar-refractivity contribution in [3.05, 3.63) is 69.8 Å². The summed E-state index contributed by atoms with van der Waals surface area (Å²) in [5.41, 5.74) is 7.73. The third-order valence-corrected chi connectivity index (χ3v) is 5.55. The Morgan fingerprint density at radius 2 is 1.86 bits per heavy atom. The average molecular weight is 375 g/mol. The van der Waals surface area contributed by atoms with Gasteiger partial charge in [-0.15, -0.1) is 0 Å². The molecule has 0 fully saturated rings. The largest absolute Gasteiger partial charge is 0.489 e. The summed E-state index contributed by atoms with van der Waals surface area (Å²) in [5, 5.41) is 17.9. The number of nitriles is 1. The molecule has 3 rings (SSSR count). The molecule has 4 nitrogen and oxygen atoms in total. The van der Waals surface area contributed by atoms with Gasteiger partial charge in [0.25, 0.3) is 0 Å². The molecule has 0 atom stereocenters. The molecule has 0 amide bonds. The van der Waals surface area contributed by atoms with E-state index in [-0.39, 0.29) is 6.42 Å². The number of hydrogen-bond donors (Lipinski definition) is 1. The predicted octanol–water partition coefficient (Wildman–Crippen LogP) is 5.21. The van der Waals surface area contributed by atoms with Crippen molar-refractivity contribution in [2.45, 2.75) is 46.0 Å². The van der Waals surface area contributed by atoms with E-state index in [1.807, 2.05) is 50.2 Å². The summed E-state index contributed by atoms with van der Waals surface area (Å²) in [5.74, 6) is 0.0797. The van der Waals surface area contributed by atoms with Gasteiger partial charge in [0.1, 0.15) is 12.4 Å². The lowest BCUT2D eigenvalue weighted by atomic mass is 9.98. The van der Waals surface area contributed by atoms with Gasteiger partial charge in [0, 0.05) is 6.42 Å². The highest BCUT2D eigenvalue weighted by Gasteiger charge is 2.17. The average Bonchev–Trinajstić information content (AvgIpc) is 3.17. The molecule has 28 heavy (non-hydrogen) atoms. The lowest BCUT2D eigenvalue weighted by molar-refractivity contribution is -0.136. The van der Waals surface area contributed by atoms with Crippen LogP contribution in [-0.2, 0) is 11.2 Å². The molecule has 4 heteroatoms. The summed E-state index contributed by atoms with van der Waals surface area (Å²) >= 11 is 0. The molecule has 0 aromatic heterocycles. The fourth-order valence-electron chi connectivity index (χ4n) is 3.75. The number of carbonyl (C=O) groups is 1. The number of carboxylic acid groups (broad SMARTS) is 1. The van der Waals surface area contributed by atoms with E-state index >= 15 is 0 Å². The van der Waals surface area contributed by atoms with Crippen molar-refractivity contribution in [1.29, 1.82) is 5.26 Å². The van der Waals surface area contributed by atoms with Crippen molar-refractivity contribution < 1.29 is 14.6 Å². The van der Waals surface area contributed by atoms with Crippen LogP contribution in [0.3, 0.4) is 0 Å². The van der Waals surface area contributed by atoms with E-state index in [1.165, 1.54) is 16.7 Å². The van der Waals surface area contributed by atoms with E-state index in [2.05, 4.69) is 6.07 Å². The van der Waals surface area contributed by atoms with E-state index < -0.39 is 5.97 Å². The van der Waals surface area contributed by atoms with E-state index in [9.17, 15) is 4.79 Å². The molecule has 0 saturated heterocycles. The number of ether oxygens (including phenoxy) is 1. The fraction of sp³-hybridized carbons (Fsp3) is 0.333. The van der Waals surface area contributed by atoms with Crippen LogP contribution in [0.15, 0.2) is 42.0 Å². The van der Waals surface area contributed by atoms with Gasteiger partial charge in [0.15, 0.2) is 0 Å². The molecule has 1 N–H and O–H groups in total. The van der Waals surface area contributed by atoms with Gasteiger partial charge in [0.05, 0.1) is 11.6 Å². The van der Waals surface area contributed by atoms with Gasteiger partial charge in [-0.1, -0.05) is 18.2 Å². The molecule has 1 aliphatic carbocycles. The lowest BCUT2D eigenvalue weighted by Gasteiger charge is -2.15. The molecular weight excluding hydrogens is 350 g/mol. The van der Waals surface area contributed by atoms with Crippen LogP contribution in [0.25, 0.3) is 5.57 Å². The quantitative estimate of drug-likeness (QED) is 0.721. The zero-order valence-corrected chi connectivity index (χ0v) is 16.4. The van der Waals surface area contributed by atoms with Crippen LogP contribution in [0.5, 0.6) is 5.75 Å². The molecule has 0 spiro atoms. The highest BCUT2D eigenvalue weighted by Crippen LogP contribution is 2.35. The summed E-state index contributed by atoms with van der Waals surface area (Å²) < 4.78 is 6.15. The Hall–Kier alpha value is -3.06. The first-order chi connectivity index (χ1) is 13.5. The maximum Gasteiger partial charge on any atom is 0.303 e. The SMILES string of the molecule is Cc1c(CCC(=O)O)ccc(OCC2=C(c3ccc(C#N)cc3)CCC2)c1C. The zero-order valence-electron chi connectivity index (χ0n) is 16.4. The predicted molar refractivity (Wildman–Crippen MR) is 109 cm³/mol. The summed E-state index contributed by atoms with van der Waals surface area (Å²) in [4.78, 5) is 10.8. The number of rotatable bonds is 7. The van der Waals surface area contributed by atoms with Crippen molar-refractivity contribution in [2.75, 3.05) is 6.61 Å². The molecular formula is C24H25NO3. The van der Waals surface area contributed by atoms with E-state index in [0.29, 0.717) is 18.6 Å². The topological polar surface area (TPSA) is 70.3 Å². The number of carboxylic acids is 1. The Balaban J connectivity index is 1.74. The van der Waals surface area contributed by atoms with Gasteiger partial charge in [-0.05, 0) is 91.1 Å². The third kappa shape index (κ3) is 4.43. The van der Waals surface area contributed by atoms with Crippen LogP contribution >= 0.6 is 0 Å². The minimum Gasteiger partial charge on any atom is -0.489 e. The van der Waals surface area contributed by atoms with Crippen molar-refractivity contribution in [2.24, 2.45) is 0 Å². The highest BCUT2D eigenvalue weighted by molar-refractivity contribution is 5.71. The normalized spacial score (nSPS) is 13.5. The number of aliphatic carboxylic acids is 1. The second-order valence-corrected chi connectivity index (χ2v) is 7.28. The molecule has 0 heterocycles. The maximum atomic E-state index is 10.8. The third-order valence-electron chi connectivity index (χ3n) is 5.55. The van der Waals surface area contributed by atoms with Crippen LogP contribution in [0, 0.1) is 25.2 Å². The van der Waals surface area contributed by atoms with Crippen molar-refractivity contribution >= 4 is 11.5 Å². The Labute approximate surface area is 166 Å². The Bertz CT molecular complexity index is 949. The molecule has 2 aromatic rings. The van der Waals surface area contributed by atoms with Crippen molar-refractivity contribution in [1.82, 2.24) is 0 Å². The van der Waals surface area contributed by atoms with Gasteiger partial charge in [-0.25, -0.2) is 0 Å². The van der Waals surface area contributed by atoms with Crippen LogP contribution in [0.4, 0.5) is 0 Å². The molecule has 0 saturated carbocycles. The monoisotopic (exact) mass is 375 g/mol. The Morgan fingerprint density at radius 1 is 1.11 bits per heavy atom. The summed E-state index contributed by atoms with van der Waals surface area (Å²) in [7, 11) is 0. The van der Waals surface area contributed by atoms with Crippen LogP contribution in [-0.4, -0.2) is 17.7 Å². The Kier molecular flexibility index (Phi) is 6.16. The van der Waals surface area contributed by atoms with Gasteiger partial charge in [-0.3, -0.25) is 4.79 Å². The van der Waals surface area contributed by atoms with E-state index in [4.69, 9.17) is 15.1 Å². The number of aryl methyl sites for hydroxylation is 1. The van der Waals surface area contributed by atoms with Crippen molar-refractivity contribution in [3.63, 3.8) is 0 Å². The number of nitrogens with zero attached hydrogens (tertiary/aromatic N) is 1. The molecule has 0 radical (unpaired) electrons. The second kappa shape index (κ2) is 8.75. The minimum absolute atomic E-state index is 0.140. The first kappa shape index (κ1) is 19.7. The first-order valence-electron chi connectivity index (χ1n) is 9.64. The van der Waals surface area contributed by atoms with Gasteiger partial charge >= 0.3 is 5.97 Å². The van der Waals surface area contributed by atoms with Gasteiger partial charge < -0.3 is 9.84 Å². The van der Waals surface area contributed by atoms with Crippen LogP contribution < -0.4 is 4.74 Å². The maximum absolute atomic E-state index is 10.8. The van der Waals surface area contributed by atoms with Gasteiger partial charge in [0.2, 0.25) is 0 Å². The second-order valence-electron chi connectivity index (χ2n) is 7.28. The number of allylic oxidation sites excluding steroid dienone is 1. The highest BCUT2D eigenvalue weighted by atomic mass is 16.5. The number of benzene rings is 2. The Morgan fingerprint density at radius 3 is 2.54 bits per heavy atom.